The lowest BCUT2D eigenvalue weighted by Crippen LogP contribution is -1.98. The zero-order valence-corrected chi connectivity index (χ0v) is 9.84. The van der Waals surface area contributed by atoms with Gasteiger partial charge in [-0.25, -0.2) is 14.5 Å². The third-order valence-corrected chi connectivity index (χ3v) is 2.51. The van der Waals surface area contributed by atoms with Gasteiger partial charge in [-0.15, -0.1) is 5.10 Å². The number of aromatic nitrogens is 4. The minimum Gasteiger partial charge on any atom is -0.476 e. The number of carboxylic acid groups (broad SMARTS) is 1. The van der Waals surface area contributed by atoms with E-state index in [1.807, 2.05) is 13.0 Å². The van der Waals surface area contributed by atoms with E-state index in [1.54, 1.807) is 6.07 Å². The molecule has 2 aromatic rings. The SMILES string of the molecule is Cc1ccc(-n2cc(C(=O)O)nn2)c(Br)n1. The fourth-order valence-corrected chi connectivity index (χ4v) is 1.76. The topological polar surface area (TPSA) is 80.9 Å². The lowest BCUT2D eigenvalue weighted by molar-refractivity contribution is 0.0690. The molecule has 1 N–H and O–H groups in total. The minimum atomic E-state index is -1.11. The second-order valence-electron chi connectivity index (χ2n) is 3.12. The van der Waals surface area contributed by atoms with E-state index < -0.39 is 5.97 Å². The summed E-state index contributed by atoms with van der Waals surface area (Å²) in [5.74, 6) is -1.11. The molecular weight excluding hydrogens is 276 g/mol. The van der Waals surface area contributed by atoms with Crippen LogP contribution in [-0.2, 0) is 0 Å². The highest BCUT2D eigenvalue weighted by atomic mass is 79.9. The van der Waals surface area contributed by atoms with E-state index in [1.165, 1.54) is 10.9 Å². The van der Waals surface area contributed by atoms with Crippen molar-refractivity contribution in [3.05, 3.63) is 34.3 Å². The number of hydrogen-bond acceptors (Lipinski definition) is 4. The molecule has 2 aromatic heterocycles. The van der Waals surface area contributed by atoms with Crippen molar-refractivity contribution in [1.29, 1.82) is 0 Å². The fraction of sp³-hybridized carbons (Fsp3) is 0.111. The molecule has 0 atom stereocenters. The highest BCUT2D eigenvalue weighted by Crippen LogP contribution is 2.18. The van der Waals surface area contributed by atoms with Gasteiger partial charge in [0, 0.05) is 5.69 Å². The summed E-state index contributed by atoms with van der Waals surface area (Å²) in [4.78, 5) is 14.8. The van der Waals surface area contributed by atoms with Gasteiger partial charge in [-0.2, -0.15) is 0 Å². The highest BCUT2D eigenvalue weighted by Gasteiger charge is 2.11. The molecule has 6 nitrogen and oxygen atoms in total. The van der Waals surface area contributed by atoms with E-state index in [9.17, 15) is 4.79 Å². The summed E-state index contributed by atoms with van der Waals surface area (Å²) >= 11 is 3.28. The summed E-state index contributed by atoms with van der Waals surface area (Å²) in [6, 6.07) is 3.59. The highest BCUT2D eigenvalue weighted by molar-refractivity contribution is 9.10. The molecule has 0 spiro atoms. The predicted molar refractivity (Wildman–Crippen MR) is 58.6 cm³/mol. The van der Waals surface area contributed by atoms with Crippen LogP contribution in [0.4, 0.5) is 0 Å². The van der Waals surface area contributed by atoms with Crippen molar-refractivity contribution in [2.75, 3.05) is 0 Å². The Kier molecular flexibility index (Phi) is 2.69. The zero-order valence-electron chi connectivity index (χ0n) is 8.25. The first-order valence-electron chi connectivity index (χ1n) is 4.37. The molecule has 7 heteroatoms. The standard InChI is InChI=1S/C9H7BrN4O2/c1-5-2-3-7(8(10)11-5)14-4-6(9(15)16)12-13-14/h2-4H,1H3,(H,15,16). The number of hydrogen-bond donors (Lipinski definition) is 1. The van der Waals surface area contributed by atoms with Crippen LogP contribution < -0.4 is 0 Å². The summed E-state index contributed by atoms with van der Waals surface area (Å²) in [5, 5.41) is 15.9. The molecule has 0 aromatic carbocycles. The van der Waals surface area contributed by atoms with Crippen molar-refractivity contribution in [2.24, 2.45) is 0 Å². The van der Waals surface area contributed by atoms with E-state index in [0.29, 0.717) is 10.3 Å². The molecule has 0 saturated heterocycles. The Morgan fingerprint density at radius 1 is 1.50 bits per heavy atom. The number of carboxylic acids is 1. The van der Waals surface area contributed by atoms with Crippen molar-refractivity contribution in [3.8, 4) is 5.69 Å². The van der Waals surface area contributed by atoms with E-state index in [2.05, 4.69) is 31.2 Å². The van der Waals surface area contributed by atoms with Crippen molar-refractivity contribution >= 4 is 21.9 Å². The normalized spacial score (nSPS) is 10.4. The monoisotopic (exact) mass is 282 g/mol. The van der Waals surface area contributed by atoms with Crippen LogP contribution in [0.2, 0.25) is 0 Å². The molecule has 0 fully saturated rings. The summed E-state index contributed by atoms with van der Waals surface area (Å²) in [6.45, 7) is 1.86. The molecule has 0 amide bonds. The first-order chi connectivity index (χ1) is 7.58. The zero-order chi connectivity index (χ0) is 11.7. The molecule has 0 aliphatic carbocycles. The summed E-state index contributed by atoms with van der Waals surface area (Å²) in [5.41, 5.74) is 1.40. The van der Waals surface area contributed by atoms with Gasteiger partial charge in [-0.3, -0.25) is 0 Å². The predicted octanol–water partition coefficient (Wildman–Crippen LogP) is 1.43. The van der Waals surface area contributed by atoms with E-state index in [-0.39, 0.29) is 5.69 Å². The molecule has 2 rings (SSSR count). The van der Waals surface area contributed by atoms with Gasteiger partial charge < -0.3 is 5.11 Å². The molecule has 0 radical (unpaired) electrons. The lowest BCUT2D eigenvalue weighted by atomic mass is 10.3. The number of halogens is 1. The Labute approximate surface area is 99.1 Å². The average Bonchev–Trinajstić information content (AvgIpc) is 2.66. The van der Waals surface area contributed by atoms with E-state index >= 15 is 0 Å². The molecule has 0 aliphatic rings. The lowest BCUT2D eigenvalue weighted by Gasteiger charge is -2.02. The maximum absolute atomic E-state index is 10.6. The van der Waals surface area contributed by atoms with Gasteiger partial charge in [0.15, 0.2) is 5.69 Å². The number of nitrogens with zero attached hydrogens (tertiary/aromatic N) is 4. The quantitative estimate of drug-likeness (QED) is 0.843. The second-order valence-corrected chi connectivity index (χ2v) is 3.87. The Hall–Kier alpha value is -1.76. The summed E-state index contributed by atoms with van der Waals surface area (Å²) in [7, 11) is 0. The molecule has 0 bridgehead atoms. The van der Waals surface area contributed by atoms with Crippen LogP contribution in [0.5, 0.6) is 0 Å². The van der Waals surface area contributed by atoms with Crippen LogP contribution in [0.1, 0.15) is 16.2 Å². The molecule has 2 heterocycles. The molecule has 0 aliphatic heterocycles. The van der Waals surface area contributed by atoms with Gasteiger partial charge in [0.05, 0.1) is 11.9 Å². The largest absolute Gasteiger partial charge is 0.476 e. The number of carbonyl (C=O) groups is 1. The first-order valence-corrected chi connectivity index (χ1v) is 5.16. The van der Waals surface area contributed by atoms with Gasteiger partial charge in [-0.1, -0.05) is 5.21 Å². The van der Waals surface area contributed by atoms with Crippen LogP contribution in [-0.4, -0.2) is 31.1 Å². The van der Waals surface area contributed by atoms with E-state index in [4.69, 9.17) is 5.11 Å². The van der Waals surface area contributed by atoms with Crippen molar-refractivity contribution < 1.29 is 9.90 Å². The summed E-state index contributed by atoms with van der Waals surface area (Å²) in [6.07, 6.45) is 1.33. The van der Waals surface area contributed by atoms with Crippen LogP contribution in [0.15, 0.2) is 22.9 Å². The molecule has 16 heavy (non-hydrogen) atoms. The third-order valence-electron chi connectivity index (χ3n) is 1.93. The Morgan fingerprint density at radius 2 is 2.25 bits per heavy atom. The number of rotatable bonds is 2. The first kappa shape index (κ1) is 10.7. The Morgan fingerprint density at radius 3 is 2.81 bits per heavy atom. The number of aromatic carboxylic acids is 1. The van der Waals surface area contributed by atoms with Gasteiger partial charge in [-0.05, 0) is 35.0 Å². The third kappa shape index (κ3) is 1.94. The fourth-order valence-electron chi connectivity index (χ4n) is 1.17. The van der Waals surface area contributed by atoms with Crippen LogP contribution in [0.3, 0.4) is 0 Å². The molecule has 0 unspecified atom stereocenters. The van der Waals surface area contributed by atoms with Crippen LogP contribution in [0.25, 0.3) is 5.69 Å². The molecule has 82 valence electrons. The molecular formula is C9H7BrN4O2. The maximum Gasteiger partial charge on any atom is 0.358 e. The van der Waals surface area contributed by atoms with Gasteiger partial charge in [0.25, 0.3) is 0 Å². The number of pyridine rings is 1. The minimum absolute atomic E-state index is 0.104. The second kappa shape index (κ2) is 4.01. The van der Waals surface area contributed by atoms with Crippen molar-refractivity contribution in [3.63, 3.8) is 0 Å². The van der Waals surface area contributed by atoms with Crippen LogP contribution in [0, 0.1) is 6.92 Å². The summed E-state index contributed by atoms with van der Waals surface area (Å²) < 4.78 is 1.95. The number of aryl methyl sites for hydroxylation is 1. The smallest absolute Gasteiger partial charge is 0.358 e. The average molecular weight is 283 g/mol. The van der Waals surface area contributed by atoms with Crippen molar-refractivity contribution in [1.82, 2.24) is 20.0 Å². The Bertz CT molecular complexity index is 552. The van der Waals surface area contributed by atoms with Gasteiger partial charge >= 0.3 is 5.97 Å². The van der Waals surface area contributed by atoms with Crippen LogP contribution >= 0.6 is 15.9 Å². The molecule has 0 saturated carbocycles. The maximum atomic E-state index is 10.6. The van der Waals surface area contributed by atoms with Gasteiger partial charge in [0.2, 0.25) is 0 Å². The Balaban J connectivity index is 2.46. The van der Waals surface area contributed by atoms with E-state index in [0.717, 1.165) is 5.69 Å². The van der Waals surface area contributed by atoms with Gasteiger partial charge in [0.1, 0.15) is 4.60 Å². The van der Waals surface area contributed by atoms with Crippen molar-refractivity contribution in [2.45, 2.75) is 6.92 Å².